The molecule has 1 aromatic carbocycles. The Balaban J connectivity index is 0.00000364. The first-order valence-electron chi connectivity index (χ1n) is 9.58. The third-order valence-electron chi connectivity index (χ3n) is 4.46. The Hall–Kier alpha value is -1.51. The second-order valence-corrected chi connectivity index (χ2v) is 6.81. The van der Waals surface area contributed by atoms with Crippen molar-refractivity contribution in [1.29, 1.82) is 0 Å². The highest BCUT2D eigenvalue weighted by molar-refractivity contribution is 14.0. The minimum atomic E-state index is -0.00976. The van der Waals surface area contributed by atoms with Crippen LogP contribution in [0.25, 0.3) is 0 Å². The lowest BCUT2D eigenvalue weighted by Crippen LogP contribution is -2.42. The maximum absolute atomic E-state index is 11.9. The molecule has 1 heterocycles. The fourth-order valence-electron chi connectivity index (χ4n) is 2.86. The van der Waals surface area contributed by atoms with Crippen molar-refractivity contribution in [2.24, 2.45) is 4.99 Å². The summed E-state index contributed by atoms with van der Waals surface area (Å²) in [6, 6.07) is 8.21. The molecule has 1 aliphatic heterocycles. The monoisotopic (exact) mass is 488 g/mol. The molecule has 0 fully saturated rings. The molecule has 1 unspecified atom stereocenters. The van der Waals surface area contributed by atoms with Gasteiger partial charge in [-0.05, 0) is 12.5 Å². The van der Waals surface area contributed by atoms with Crippen LogP contribution >= 0.6 is 24.0 Å². The number of ether oxygens (including phenoxy) is 1. The number of carbonyl (C=O) groups excluding carboxylic acids is 1. The Morgan fingerprint density at radius 1 is 1.26 bits per heavy atom. The van der Waals surface area contributed by atoms with Crippen LogP contribution in [0, 0.1) is 0 Å². The Kier molecular flexibility index (Phi) is 11.2. The van der Waals surface area contributed by atoms with Gasteiger partial charge in [0.2, 0.25) is 5.91 Å². The number of fused-ring (bicyclic) bond motifs is 1. The fourth-order valence-corrected chi connectivity index (χ4v) is 2.86. The van der Waals surface area contributed by atoms with Crippen molar-refractivity contribution in [2.75, 3.05) is 33.8 Å². The van der Waals surface area contributed by atoms with Crippen molar-refractivity contribution >= 4 is 35.8 Å². The highest BCUT2D eigenvalue weighted by Gasteiger charge is 2.22. The normalized spacial score (nSPS) is 15.8. The minimum absolute atomic E-state index is 0. The minimum Gasteiger partial charge on any atom is -0.493 e. The van der Waals surface area contributed by atoms with Crippen LogP contribution in [-0.4, -0.2) is 50.6 Å². The molecule has 0 saturated heterocycles. The molecule has 1 atom stereocenters. The maximum atomic E-state index is 11.9. The number of nitrogens with one attached hydrogen (secondary N) is 2. The molecule has 1 amide bonds. The van der Waals surface area contributed by atoms with E-state index in [4.69, 9.17) is 4.74 Å². The van der Waals surface area contributed by atoms with Crippen LogP contribution in [0.1, 0.15) is 50.6 Å². The number of rotatable bonds is 8. The lowest BCUT2D eigenvalue weighted by molar-refractivity contribution is -0.127. The Morgan fingerprint density at radius 2 is 2.04 bits per heavy atom. The van der Waals surface area contributed by atoms with E-state index in [-0.39, 0.29) is 42.5 Å². The smallest absolute Gasteiger partial charge is 0.243 e. The average Bonchev–Trinajstić information content (AvgIpc) is 2.65. The van der Waals surface area contributed by atoms with Crippen LogP contribution in [-0.2, 0) is 4.79 Å². The molecule has 0 spiro atoms. The SMILES string of the molecule is CCCCCCNC(=NCC(=O)N(C)C)NC1CCOc2ccccc21.I. The van der Waals surface area contributed by atoms with E-state index in [1.165, 1.54) is 19.3 Å². The van der Waals surface area contributed by atoms with Crippen molar-refractivity contribution < 1.29 is 9.53 Å². The highest BCUT2D eigenvalue weighted by atomic mass is 127. The van der Waals surface area contributed by atoms with E-state index in [1.54, 1.807) is 19.0 Å². The first kappa shape index (κ1) is 23.5. The number of likely N-dealkylation sites (N-methyl/N-ethyl adjacent to an activating group) is 1. The molecule has 0 aliphatic carbocycles. The lowest BCUT2D eigenvalue weighted by Gasteiger charge is -2.28. The molecule has 1 aromatic rings. The number of nitrogens with zero attached hydrogens (tertiary/aromatic N) is 2. The molecule has 0 radical (unpaired) electrons. The van der Waals surface area contributed by atoms with E-state index < -0.39 is 0 Å². The number of guanidine groups is 1. The summed E-state index contributed by atoms with van der Waals surface area (Å²) < 4.78 is 5.73. The molecular formula is C20H33IN4O2. The van der Waals surface area contributed by atoms with E-state index >= 15 is 0 Å². The van der Waals surface area contributed by atoms with Crippen molar-refractivity contribution in [3.8, 4) is 5.75 Å². The zero-order valence-corrected chi connectivity index (χ0v) is 19.0. The van der Waals surface area contributed by atoms with Crippen molar-refractivity contribution in [3.05, 3.63) is 29.8 Å². The Labute approximate surface area is 180 Å². The molecule has 0 saturated carbocycles. The second kappa shape index (κ2) is 12.8. The van der Waals surface area contributed by atoms with Crippen LogP contribution in [0.5, 0.6) is 5.75 Å². The van der Waals surface area contributed by atoms with Crippen LogP contribution in [0.15, 0.2) is 29.3 Å². The zero-order chi connectivity index (χ0) is 18.8. The van der Waals surface area contributed by atoms with Gasteiger partial charge in [-0.1, -0.05) is 44.4 Å². The van der Waals surface area contributed by atoms with Gasteiger partial charge in [-0.25, -0.2) is 4.99 Å². The van der Waals surface area contributed by atoms with Gasteiger partial charge in [0.15, 0.2) is 5.96 Å². The average molecular weight is 488 g/mol. The molecule has 7 heteroatoms. The first-order valence-corrected chi connectivity index (χ1v) is 9.58. The number of amides is 1. The predicted octanol–water partition coefficient (Wildman–Crippen LogP) is 3.33. The van der Waals surface area contributed by atoms with Gasteiger partial charge in [-0.15, -0.1) is 24.0 Å². The number of benzene rings is 1. The standard InChI is InChI=1S/C20H32N4O2.HI/c1-4-5-6-9-13-21-20(22-15-19(25)24(2)3)23-17-12-14-26-18-11-8-7-10-16(17)18;/h7-8,10-11,17H,4-6,9,12-15H2,1-3H3,(H2,21,22,23);1H. The van der Waals surface area contributed by atoms with Gasteiger partial charge in [0, 0.05) is 32.6 Å². The number of hydrogen-bond donors (Lipinski definition) is 2. The van der Waals surface area contributed by atoms with Gasteiger partial charge in [-0.3, -0.25) is 4.79 Å². The molecule has 2 N–H and O–H groups in total. The number of para-hydroxylation sites is 1. The molecule has 0 bridgehead atoms. The second-order valence-electron chi connectivity index (χ2n) is 6.81. The van der Waals surface area contributed by atoms with Crippen molar-refractivity contribution in [1.82, 2.24) is 15.5 Å². The molecule has 152 valence electrons. The van der Waals surface area contributed by atoms with Crippen LogP contribution < -0.4 is 15.4 Å². The van der Waals surface area contributed by atoms with E-state index in [9.17, 15) is 4.79 Å². The summed E-state index contributed by atoms with van der Waals surface area (Å²) in [7, 11) is 3.50. The van der Waals surface area contributed by atoms with Crippen molar-refractivity contribution in [2.45, 2.75) is 45.1 Å². The van der Waals surface area contributed by atoms with Gasteiger partial charge < -0.3 is 20.3 Å². The molecule has 27 heavy (non-hydrogen) atoms. The van der Waals surface area contributed by atoms with Crippen LogP contribution in [0.2, 0.25) is 0 Å². The maximum Gasteiger partial charge on any atom is 0.243 e. The quantitative estimate of drug-likeness (QED) is 0.255. The predicted molar refractivity (Wildman–Crippen MR) is 121 cm³/mol. The molecule has 6 nitrogen and oxygen atoms in total. The zero-order valence-electron chi connectivity index (χ0n) is 16.7. The van der Waals surface area contributed by atoms with E-state index in [0.717, 1.165) is 30.7 Å². The van der Waals surface area contributed by atoms with E-state index in [2.05, 4.69) is 28.6 Å². The number of unbranched alkanes of at least 4 members (excludes halogenated alkanes) is 3. The Morgan fingerprint density at radius 3 is 2.78 bits per heavy atom. The van der Waals surface area contributed by atoms with Crippen molar-refractivity contribution in [3.63, 3.8) is 0 Å². The third kappa shape index (κ3) is 7.94. The fraction of sp³-hybridized carbons (Fsp3) is 0.600. The van der Waals surface area contributed by atoms with E-state index in [0.29, 0.717) is 12.6 Å². The van der Waals surface area contributed by atoms with E-state index in [1.807, 2.05) is 18.2 Å². The third-order valence-corrected chi connectivity index (χ3v) is 4.46. The number of halogens is 1. The lowest BCUT2D eigenvalue weighted by atomic mass is 10.0. The number of carbonyl (C=O) groups is 1. The molecular weight excluding hydrogens is 455 g/mol. The highest BCUT2D eigenvalue weighted by Crippen LogP contribution is 2.31. The summed E-state index contributed by atoms with van der Waals surface area (Å²) in [6.45, 7) is 3.88. The Bertz CT molecular complexity index is 607. The summed E-state index contributed by atoms with van der Waals surface area (Å²) in [5.74, 6) is 1.60. The first-order chi connectivity index (χ1) is 12.6. The number of hydrogen-bond acceptors (Lipinski definition) is 3. The van der Waals surface area contributed by atoms with Crippen LogP contribution in [0.4, 0.5) is 0 Å². The molecule has 2 rings (SSSR count). The van der Waals surface area contributed by atoms with Gasteiger partial charge in [0.1, 0.15) is 12.3 Å². The van der Waals surface area contributed by atoms with Gasteiger partial charge in [0.05, 0.1) is 12.6 Å². The topological polar surface area (TPSA) is 66.0 Å². The largest absolute Gasteiger partial charge is 0.493 e. The molecule has 0 aromatic heterocycles. The summed E-state index contributed by atoms with van der Waals surface area (Å²) in [5.41, 5.74) is 1.14. The summed E-state index contributed by atoms with van der Waals surface area (Å²) in [6.07, 6.45) is 5.63. The molecule has 1 aliphatic rings. The van der Waals surface area contributed by atoms with Gasteiger partial charge in [0.25, 0.3) is 0 Å². The number of aliphatic imine (C=N–C) groups is 1. The summed E-state index contributed by atoms with van der Waals surface area (Å²) in [5, 5.41) is 6.86. The summed E-state index contributed by atoms with van der Waals surface area (Å²) in [4.78, 5) is 18.0. The van der Waals surface area contributed by atoms with Gasteiger partial charge >= 0.3 is 0 Å². The van der Waals surface area contributed by atoms with Crippen LogP contribution in [0.3, 0.4) is 0 Å². The van der Waals surface area contributed by atoms with Gasteiger partial charge in [-0.2, -0.15) is 0 Å². The summed E-state index contributed by atoms with van der Waals surface area (Å²) >= 11 is 0.